The minimum absolute atomic E-state index is 0.0323. The molecule has 1 spiro atoms. The number of Topliss-reactive ketones (excluding diaryl/α,β-unsaturated/α-hetero) is 1. The Bertz CT molecular complexity index is 994. The summed E-state index contributed by atoms with van der Waals surface area (Å²) in [6, 6.07) is 14.8. The third kappa shape index (κ3) is 5.30. The maximum atomic E-state index is 13.4. The van der Waals surface area contributed by atoms with Crippen molar-refractivity contribution in [3.05, 3.63) is 59.7 Å². The number of methoxy groups -OCH3 is 1. The van der Waals surface area contributed by atoms with E-state index in [0.717, 1.165) is 17.5 Å². The van der Waals surface area contributed by atoms with Crippen LogP contribution in [0.5, 0.6) is 5.75 Å². The molecular weight excluding hydrogens is 432 g/mol. The van der Waals surface area contributed by atoms with Gasteiger partial charge in [0.2, 0.25) is 0 Å². The minimum Gasteiger partial charge on any atom is -0.497 e. The zero-order valence-electron chi connectivity index (χ0n) is 20.0. The molecule has 0 aromatic heterocycles. The lowest BCUT2D eigenvalue weighted by molar-refractivity contribution is -0.120. The van der Waals surface area contributed by atoms with Gasteiger partial charge in [-0.05, 0) is 29.7 Å². The van der Waals surface area contributed by atoms with E-state index in [1.807, 2.05) is 41.3 Å². The van der Waals surface area contributed by atoms with Crippen molar-refractivity contribution in [1.82, 2.24) is 10.2 Å². The molecule has 2 heterocycles. The van der Waals surface area contributed by atoms with E-state index in [1.54, 1.807) is 7.11 Å². The van der Waals surface area contributed by atoms with Crippen LogP contribution in [0.2, 0.25) is 19.6 Å². The maximum absolute atomic E-state index is 13.4. The Hall–Kier alpha value is -2.64. The van der Waals surface area contributed by atoms with Crippen molar-refractivity contribution in [2.75, 3.05) is 33.4 Å². The lowest BCUT2D eigenvalue weighted by Gasteiger charge is -2.37. The van der Waals surface area contributed by atoms with Crippen molar-refractivity contribution in [3.8, 4) is 5.75 Å². The van der Waals surface area contributed by atoms with Gasteiger partial charge in [-0.15, -0.1) is 0 Å². The zero-order chi connectivity index (χ0) is 23.6. The predicted molar refractivity (Wildman–Crippen MR) is 132 cm³/mol. The number of amides is 2. The van der Waals surface area contributed by atoms with Gasteiger partial charge in [-0.1, -0.05) is 61.2 Å². The summed E-state index contributed by atoms with van der Waals surface area (Å²) in [7, 11) is 0.213. The molecule has 0 saturated carbocycles. The summed E-state index contributed by atoms with van der Waals surface area (Å²) in [6.45, 7) is 9.72. The summed E-state index contributed by atoms with van der Waals surface area (Å²) in [4.78, 5) is 28.3. The Morgan fingerprint density at radius 2 is 1.76 bits per heavy atom. The van der Waals surface area contributed by atoms with Crippen LogP contribution in [0.1, 0.15) is 23.6 Å². The maximum Gasteiger partial charge on any atom is 0.318 e. The minimum atomic E-state index is -1.40. The fourth-order valence-electron chi connectivity index (χ4n) is 4.52. The Labute approximate surface area is 197 Å². The van der Waals surface area contributed by atoms with Gasteiger partial charge in [-0.25, -0.2) is 4.79 Å². The molecule has 2 aromatic rings. The van der Waals surface area contributed by atoms with Crippen LogP contribution in [0.25, 0.3) is 0 Å². The second-order valence-electron chi connectivity index (χ2n) is 10.4. The summed E-state index contributed by atoms with van der Waals surface area (Å²) in [5, 5.41) is 4.38. The molecule has 2 fully saturated rings. The summed E-state index contributed by atoms with van der Waals surface area (Å²) in [5.41, 5.74) is 1.82. The monoisotopic (exact) mass is 466 g/mol. The largest absolute Gasteiger partial charge is 0.497 e. The van der Waals surface area contributed by atoms with Gasteiger partial charge in [-0.3, -0.25) is 4.79 Å². The molecule has 2 amide bonds. The number of urea groups is 1. The van der Waals surface area contributed by atoms with Crippen LogP contribution >= 0.6 is 0 Å². The highest BCUT2D eigenvalue weighted by Crippen LogP contribution is 2.37. The van der Waals surface area contributed by atoms with Crippen molar-refractivity contribution < 1.29 is 19.1 Å². The van der Waals surface area contributed by atoms with E-state index in [4.69, 9.17) is 9.47 Å². The Balaban J connectivity index is 1.50. The van der Waals surface area contributed by atoms with Gasteiger partial charge in [0, 0.05) is 24.9 Å². The predicted octanol–water partition coefficient (Wildman–Crippen LogP) is 3.53. The summed E-state index contributed by atoms with van der Waals surface area (Å²) in [5.74, 6) is 0.680. The average Bonchev–Trinajstić information content (AvgIpc) is 3.24. The van der Waals surface area contributed by atoms with Gasteiger partial charge >= 0.3 is 6.03 Å². The number of rotatable bonds is 7. The summed E-state index contributed by atoms with van der Waals surface area (Å²) >= 11 is 0. The smallest absolute Gasteiger partial charge is 0.318 e. The fraction of sp³-hybridized carbons (Fsp3) is 0.462. The first-order chi connectivity index (χ1) is 15.7. The Kier molecular flexibility index (Phi) is 6.63. The number of hydrogen-bond donors (Lipinski definition) is 1. The van der Waals surface area contributed by atoms with Crippen LogP contribution in [0.4, 0.5) is 4.79 Å². The van der Waals surface area contributed by atoms with Gasteiger partial charge in [0.1, 0.15) is 11.8 Å². The van der Waals surface area contributed by atoms with Crippen molar-refractivity contribution in [2.24, 2.45) is 5.41 Å². The number of nitrogens with zero attached hydrogens (tertiary/aromatic N) is 1. The van der Waals surface area contributed by atoms with E-state index in [-0.39, 0.29) is 23.7 Å². The highest BCUT2D eigenvalue weighted by Gasteiger charge is 2.46. The molecule has 0 bridgehead atoms. The van der Waals surface area contributed by atoms with Gasteiger partial charge in [0.15, 0.2) is 5.78 Å². The number of carbonyl (C=O) groups excluding carboxylic acids is 2. The zero-order valence-corrected chi connectivity index (χ0v) is 21.0. The third-order valence-electron chi connectivity index (χ3n) is 6.78. The van der Waals surface area contributed by atoms with E-state index >= 15 is 0 Å². The van der Waals surface area contributed by atoms with E-state index in [0.29, 0.717) is 32.1 Å². The second kappa shape index (κ2) is 9.31. The van der Waals surface area contributed by atoms with Crippen molar-refractivity contribution in [3.63, 3.8) is 0 Å². The molecule has 2 aromatic carbocycles. The first-order valence-corrected chi connectivity index (χ1v) is 15.1. The van der Waals surface area contributed by atoms with Crippen LogP contribution in [-0.2, 0) is 16.0 Å². The molecule has 33 heavy (non-hydrogen) atoms. The van der Waals surface area contributed by atoms with Gasteiger partial charge in [0.25, 0.3) is 0 Å². The number of hydrogen-bond acceptors (Lipinski definition) is 4. The quantitative estimate of drug-likeness (QED) is 0.634. The lowest BCUT2D eigenvalue weighted by Crippen LogP contribution is -2.48. The molecule has 1 atom stereocenters. The molecule has 2 aliphatic rings. The molecule has 0 radical (unpaired) electrons. The van der Waals surface area contributed by atoms with Crippen LogP contribution in [-0.4, -0.2) is 58.2 Å². The molecule has 1 unspecified atom stereocenters. The normalized spacial score (nSPS) is 18.0. The van der Waals surface area contributed by atoms with Crippen LogP contribution in [0.15, 0.2) is 48.5 Å². The van der Waals surface area contributed by atoms with Gasteiger partial charge in [-0.2, -0.15) is 0 Å². The topological polar surface area (TPSA) is 67.9 Å². The number of ketones is 1. The molecule has 0 aliphatic carbocycles. The molecule has 4 rings (SSSR count). The Morgan fingerprint density at radius 1 is 1.09 bits per heavy atom. The SMILES string of the molecule is COc1ccc(C(NC(=O)N2CCC3(COC3)C2)C(=O)Cc2ccc([Si](C)(C)C)cc2)cc1. The lowest BCUT2D eigenvalue weighted by atomic mass is 9.85. The number of nitrogens with one attached hydrogen (secondary N) is 1. The Morgan fingerprint density at radius 3 is 2.27 bits per heavy atom. The van der Waals surface area contributed by atoms with E-state index in [1.165, 1.54) is 5.19 Å². The van der Waals surface area contributed by atoms with Gasteiger partial charge in [0.05, 0.1) is 28.4 Å². The van der Waals surface area contributed by atoms with Crippen molar-refractivity contribution in [1.29, 1.82) is 0 Å². The van der Waals surface area contributed by atoms with Crippen LogP contribution in [0, 0.1) is 5.41 Å². The van der Waals surface area contributed by atoms with Crippen molar-refractivity contribution in [2.45, 2.75) is 38.5 Å². The molecular formula is C26H34N2O4Si. The third-order valence-corrected chi connectivity index (χ3v) is 8.84. The summed E-state index contributed by atoms with van der Waals surface area (Å²) < 4.78 is 10.6. The fourth-order valence-corrected chi connectivity index (χ4v) is 5.69. The first-order valence-electron chi connectivity index (χ1n) is 11.6. The molecule has 6 nitrogen and oxygen atoms in total. The average molecular weight is 467 g/mol. The summed E-state index contributed by atoms with van der Waals surface area (Å²) in [6.07, 6.45) is 1.21. The standard InChI is InChI=1S/C26H34N2O4Si/c1-31-21-9-7-20(8-10-21)24(27-25(30)28-14-13-26(16-28)17-32-18-26)23(29)15-19-5-11-22(12-6-19)33(2,3)4/h5-12,24H,13-18H2,1-4H3,(H,27,30). The van der Waals surface area contributed by atoms with Crippen LogP contribution in [0.3, 0.4) is 0 Å². The van der Waals surface area contributed by atoms with Gasteiger partial charge < -0.3 is 19.7 Å². The van der Waals surface area contributed by atoms with Crippen molar-refractivity contribution >= 4 is 25.1 Å². The van der Waals surface area contributed by atoms with E-state index < -0.39 is 14.1 Å². The van der Waals surface area contributed by atoms with Crippen LogP contribution < -0.4 is 15.2 Å². The molecule has 2 aliphatic heterocycles. The second-order valence-corrected chi connectivity index (χ2v) is 15.5. The number of carbonyl (C=O) groups is 2. The van der Waals surface area contributed by atoms with E-state index in [9.17, 15) is 9.59 Å². The highest BCUT2D eigenvalue weighted by molar-refractivity contribution is 6.88. The number of likely N-dealkylation sites (tertiary alicyclic amines) is 1. The molecule has 7 heteroatoms. The number of ether oxygens (including phenoxy) is 2. The van der Waals surface area contributed by atoms with E-state index in [2.05, 4.69) is 37.1 Å². The molecule has 1 N–H and O–H groups in total. The number of benzene rings is 2. The highest BCUT2D eigenvalue weighted by atomic mass is 28.3. The first kappa shape index (κ1) is 23.5. The molecule has 2 saturated heterocycles. The molecule has 176 valence electrons.